The molecule has 0 aromatic heterocycles. The van der Waals surface area contributed by atoms with Gasteiger partial charge in [-0.25, -0.2) is 0 Å². The topological polar surface area (TPSA) is 15.3 Å². The van der Waals surface area contributed by atoms with E-state index in [1.807, 2.05) is 11.8 Å². The van der Waals surface area contributed by atoms with Gasteiger partial charge in [0.05, 0.1) is 0 Å². The van der Waals surface area contributed by atoms with Crippen LogP contribution in [0.2, 0.25) is 0 Å². The van der Waals surface area contributed by atoms with E-state index in [1.54, 1.807) is 0 Å². The normalized spacial score (nSPS) is 28.0. The van der Waals surface area contributed by atoms with Gasteiger partial charge in [0.1, 0.15) is 0 Å². The Morgan fingerprint density at radius 3 is 2.78 bits per heavy atom. The van der Waals surface area contributed by atoms with Crippen LogP contribution >= 0.6 is 11.8 Å². The fourth-order valence-corrected chi connectivity index (χ4v) is 4.13. The Hall–Kier alpha value is 0.270. The average Bonchev–Trinajstić information content (AvgIpc) is 2.82. The number of nitrogens with one attached hydrogen (secondary N) is 1. The summed E-state index contributed by atoms with van der Waals surface area (Å²) in [6.07, 6.45) is 11.9. The zero-order valence-corrected chi connectivity index (χ0v) is 13.0. The number of nitrogens with zero attached hydrogens (tertiary/aromatic N) is 1. The molecular formula is C15H30N2S. The van der Waals surface area contributed by atoms with Crippen molar-refractivity contribution in [3.63, 3.8) is 0 Å². The van der Waals surface area contributed by atoms with Crippen LogP contribution in [0.15, 0.2) is 0 Å². The summed E-state index contributed by atoms with van der Waals surface area (Å²) in [4.78, 5) is 2.81. The fraction of sp³-hybridized carbons (Fsp3) is 1.00. The zero-order chi connectivity index (χ0) is 12.8. The Balaban J connectivity index is 1.89. The van der Waals surface area contributed by atoms with E-state index in [-0.39, 0.29) is 0 Å². The molecule has 1 aliphatic carbocycles. The molecule has 2 fully saturated rings. The maximum atomic E-state index is 3.90. The second-order valence-corrected chi connectivity index (χ2v) is 7.11. The molecule has 1 spiro atoms. The first-order valence-corrected chi connectivity index (χ1v) is 9.17. The summed E-state index contributed by atoms with van der Waals surface area (Å²) < 4.78 is 0. The molecule has 0 aromatic rings. The van der Waals surface area contributed by atoms with E-state index < -0.39 is 0 Å². The smallest absolute Gasteiger partial charge is 0.0309 e. The molecular weight excluding hydrogens is 240 g/mol. The highest BCUT2D eigenvalue weighted by molar-refractivity contribution is 7.98. The van der Waals surface area contributed by atoms with Crippen LogP contribution in [0.5, 0.6) is 0 Å². The number of hydrogen-bond acceptors (Lipinski definition) is 3. The molecule has 2 nitrogen and oxygen atoms in total. The lowest BCUT2D eigenvalue weighted by atomic mass is 9.91. The summed E-state index contributed by atoms with van der Waals surface area (Å²) in [5, 5.41) is 3.90. The van der Waals surface area contributed by atoms with Crippen LogP contribution in [-0.4, -0.2) is 48.1 Å². The third-order valence-electron chi connectivity index (χ3n) is 4.71. The maximum Gasteiger partial charge on any atom is 0.0309 e. The van der Waals surface area contributed by atoms with Crippen LogP contribution in [-0.2, 0) is 0 Å². The van der Waals surface area contributed by atoms with Gasteiger partial charge in [-0.2, -0.15) is 11.8 Å². The second-order valence-electron chi connectivity index (χ2n) is 6.13. The molecule has 1 atom stereocenters. The van der Waals surface area contributed by atoms with E-state index >= 15 is 0 Å². The Labute approximate surface area is 117 Å². The fourth-order valence-electron chi connectivity index (χ4n) is 3.72. The van der Waals surface area contributed by atoms with Crippen molar-refractivity contribution in [3.05, 3.63) is 0 Å². The summed E-state index contributed by atoms with van der Waals surface area (Å²) in [5.74, 6) is 1.32. The van der Waals surface area contributed by atoms with Gasteiger partial charge in [0.2, 0.25) is 0 Å². The molecule has 0 aromatic carbocycles. The molecule has 2 rings (SSSR count). The number of rotatable bonds is 6. The van der Waals surface area contributed by atoms with Crippen molar-refractivity contribution in [1.29, 1.82) is 0 Å². The van der Waals surface area contributed by atoms with Crippen LogP contribution in [0.4, 0.5) is 0 Å². The van der Waals surface area contributed by atoms with Gasteiger partial charge in [-0.05, 0) is 44.2 Å². The SMILES string of the molecule is CCCC1CNC2(CCCC2)CN1CCCSC. The number of hydrogen-bond donors (Lipinski definition) is 1. The van der Waals surface area contributed by atoms with E-state index in [0.717, 1.165) is 6.04 Å². The molecule has 106 valence electrons. The van der Waals surface area contributed by atoms with Crippen molar-refractivity contribution < 1.29 is 0 Å². The first kappa shape index (κ1) is 14.7. The van der Waals surface area contributed by atoms with Crippen LogP contribution in [0.1, 0.15) is 51.9 Å². The lowest BCUT2D eigenvalue weighted by Gasteiger charge is -2.46. The van der Waals surface area contributed by atoms with E-state index in [1.165, 1.54) is 70.3 Å². The third kappa shape index (κ3) is 3.64. The van der Waals surface area contributed by atoms with E-state index in [4.69, 9.17) is 0 Å². The van der Waals surface area contributed by atoms with Crippen molar-refractivity contribution in [2.75, 3.05) is 31.6 Å². The van der Waals surface area contributed by atoms with E-state index in [0.29, 0.717) is 5.54 Å². The predicted molar refractivity (Wildman–Crippen MR) is 82.5 cm³/mol. The van der Waals surface area contributed by atoms with Gasteiger partial charge in [-0.1, -0.05) is 26.2 Å². The average molecular weight is 270 g/mol. The van der Waals surface area contributed by atoms with Gasteiger partial charge >= 0.3 is 0 Å². The van der Waals surface area contributed by atoms with E-state index in [2.05, 4.69) is 23.4 Å². The molecule has 0 amide bonds. The quantitative estimate of drug-likeness (QED) is 0.747. The summed E-state index contributed by atoms with van der Waals surface area (Å²) in [6, 6.07) is 0.795. The van der Waals surface area contributed by atoms with Crippen LogP contribution < -0.4 is 5.32 Å². The highest BCUT2D eigenvalue weighted by atomic mass is 32.2. The van der Waals surface area contributed by atoms with Gasteiger partial charge in [0, 0.05) is 24.7 Å². The minimum Gasteiger partial charge on any atom is -0.308 e. The molecule has 0 radical (unpaired) electrons. The Bertz CT molecular complexity index is 239. The lowest BCUT2D eigenvalue weighted by molar-refractivity contribution is 0.0759. The van der Waals surface area contributed by atoms with Gasteiger partial charge in [0.15, 0.2) is 0 Å². The third-order valence-corrected chi connectivity index (χ3v) is 5.41. The van der Waals surface area contributed by atoms with Crippen molar-refractivity contribution in [2.45, 2.75) is 63.5 Å². The van der Waals surface area contributed by atoms with Crippen LogP contribution in [0.25, 0.3) is 0 Å². The molecule has 1 heterocycles. The molecule has 3 heteroatoms. The van der Waals surface area contributed by atoms with Crippen LogP contribution in [0, 0.1) is 0 Å². The summed E-state index contributed by atoms with van der Waals surface area (Å²) in [6.45, 7) is 6.17. The Kier molecular flexibility index (Phi) is 5.84. The molecule has 1 saturated carbocycles. The standard InChI is InChI=1S/C15H30N2S/c1-3-7-14-12-16-15(8-4-5-9-15)13-17(14)10-6-11-18-2/h14,16H,3-13H2,1-2H3. The molecule has 18 heavy (non-hydrogen) atoms. The van der Waals surface area contributed by atoms with Crippen molar-refractivity contribution >= 4 is 11.8 Å². The molecule has 0 bridgehead atoms. The van der Waals surface area contributed by atoms with Crippen LogP contribution in [0.3, 0.4) is 0 Å². The summed E-state index contributed by atoms with van der Waals surface area (Å²) in [7, 11) is 0. The molecule has 2 aliphatic rings. The van der Waals surface area contributed by atoms with Gasteiger partial charge in [-0.15, -0.1) is 0 Å². The van der Waals surface area contributed by atoms with Crippen molar-refractivity contribution in [2.24, 2.45) is 0 Å². The van der Waals surface area contributed by atoms with E-state index in [9.17, 15) is 0 Å². The minimum atomic E-state index is 0.490. The molecule has 1 N–H and O–H groups in total. The molecule has 1 unspecified atom stereocenters. The summed E-state index contributed by atoms with van der Waals surface area (Å²) >= 11 is 1.99. The highest BCUT2D eigenvalue weighted by Crippen LogP contribution is 2.33. The highest BCUT2D eigenvalue weighted by Gasteiger charge is 2.40. The van der Waals surface area contributed by atoms with Gasteiger partial charge < -0.3 is 5.32 Å². The number of thioether (sulfide) groups is 1. The first-order chi connectivity index (χ1) is 8.79. The van der Waals surface area contributed by atoms with Crippen molar-refractivity contribution in [3.8, 4) is 0 Å². The predicted octanol–water partition coefficient (Wildman–Crippen LogP) is 3.13. The first-order valence-electron chi connectivity index (χ1n) is 7.78. The maximum absolute atomic E-state index is 3.90. The van der Waals surface area contributed by atoms with Gasteiger partial charge in [-0.3, -0.25) is 4.90 Å². The molecule has 1 saturated heterocycles. The zero-order valence-electron chi connectivity index (χ0n) is 12.2. The van der Waals surface area contributed by atoms with Crippen molar-refractivity contribution in [1.82, 2.24) is 10.2 Å². The molecule has 1 aliphatic heterocycles. The number of piperazine rings is 1. The Morgan fingerprint density at radius 2 is 2.11 bits per heavy atom. The van der Waals surface area contributed by atoms with Gasteiger partial charge in [0.25, 0.3) is 0 Å². The minimum absolute atomic E-state index is 0.490. The Morgan fingerprint density at radius 1 is 1.33 bits per heavy atom. The lowest BCUT2D eigenvalue weighted by Crippen LogP contribution is -2.63. The summed E-state index contributed by atoms with van der Waals surface area (Å²) in [5.41, 5.74) is 0.490. The second kappa shape index (κ2) is 7.16. The monoisotopic (exact) mass is 270 g/mol. The largest absolute Gasteiger partial charge is 0.308 e.